The van der Waals surface area contributed by atoms with E-state index in [4.69, 9.17) is 11.5 Å². The van der Waals surface area contributed by atoms with Gasteiger partial charge in [-0.1, -0.05) is 0 Å². The molecule has 7 nitrogen and oxygen atoms in total. The molecule has 1 amide bonds. The number of alkyl halides is 2. The molecule has 10 heteroatoms. The number of rotatable bonds is 5. The standard InChI is InChI=1S/C17H19F3N6O/c18-11-7-10(14(22)27)15(24-9-3-2-6-23-8-9)26-16(11)25-12-4-1-5-17(19,20)13(12)21/h2-3,6-8,12-13H,1,4-5,21H2,(H2,22,27)(H2,24,25,26)/t12-,13-/m1/s1. The van der Waals surface area contributed by atoms with Crippen molar-refractivity contribution in [3.05, 3.63) is 42.0 Å². The van der Waals surface area contributed by atoms with Crippen LogP contribution >= 0.6 is 0 Å². The van der Waals surface area contributed by atoms with Crippen molar-refractivity contribution >= 4 is 23.2 Å². The molecule has 27 heavy (non-hydrogen) atoms. The molecule has 0 saturated heterocycles. The second-order valence-corrected chi connectivity index (χ2v) is 6.38. The molecule has 0 aliphatic heterocycles. The highest BCUT2D eigenvalue weighted by atomic mass is 19.3. The fraction of sp³-hybridized carbons (Fsp3) is 0.353. The van der Waals surface area contributed by atoms with Gasteiger partial charge in [-0.25, -0.2) is 18.2 Å². The Kier molecular flexibility index (Phi) is 5.17. The van der Waals surface area contributed by atoms with Crippen LogP contribution in [-0.4, -0.2) is 33.9 Å². The number of anilines is 3. The smallest absolute Gasteiger partial charge is 0.264 e. The minimum absolute atomic E-state index is 0.0180. The topological polar surface area (TPSA) is 119 Å². The molecule has 2 heterocycles. The van der Waals surface area contributed by atoms with E-state index in [-0.39, 0.29) is 30.0 Å². The highest BCUT2D eigenvalue weighted by Gasteiger charge is 2.45. The van der Waals surface area contributed by atoms with Gasteiger partial charge < -0.3 is 22.1 Å². The lowest BCUT2D eigenvalue weighted by Crippen LogP contribution is -2.55. The van der Waals surface area contributed by atoms with Crippen LogP contribution in [0.3, 0.4) is 0 Å². The number of hydrogen-bond donors (Lipinski definition) is 4. The summed E-state index contributed by atoms with van der Waals surface area (Å²) in [6.07, 6.45) is 3.31. The lowest BCUT2D eigenvalue weighted by Gasteiger charge is -2.36. The van der Waals surface area contributed by atoms with Crippen LogP contribution in [0.2, 0.25) is 0 Å². The maximum absolute atomic E-state index is 14.4. The van der Waals surface area contributed by atoms with Gasteiger partial charge in [0.25, 0.3) is 11.8 Å². The van der Waals surface area contributed by atoms with Crippen LogP contribution in [0, 0.1) is 5.82 Å². The molecule has 2 atom stereocenters. The van der Waals surface area contributed by atoms with Gasteiger partial charge in [-0.05, 0) is 31.0 Å². The molecule has 0 unspecified atom stereocenters. The summed E-state index contributed by atoms with van der Waals surface area (Å²) in [5.74, 6) is -5.13. The van der Waals surface area contributed by atoms with Crippen molar-refractivity contribution in [2.45, 2.75) is 37.3 Å². The van der Waals surface area contributed by atoms with Gasteiger partial charge in [-0.3, -0.25) is 9.78 Å². The molecule has 1 aliphatic rings. The number of carbonyl (C=O) groups is 1. The highest BCUT2D eigenvalue weighted by molar-refractivity contribution is 5.98. The molecule has 1 saturated carbocycles. The number of primary amides is 1. The predicted octanol–water partition coefficient (Wildman–Crippen LogP) is 2.39. The van der Waals surface area contributed by atoms with E-state index >= 15 is 0 Å². The van der Waals surface area contributed by atoms with E-state index in [0.29, 0.717) is 12.1 Å². The minimum atomic E-state index is -3.05. The van der Waals surface area contributed by atoms with Crippen molar-refractivity contribution in [2.75, 3.05) is 10.6 Å². The lowest BCUT2D eigenvalue weighted by atomic mass is 9.87. The fourth-order valence-electron chi connectivity index (χ4n) is 2.98. The second-order valence-electron chi connectivity index (χ2n) is 6.38. The largest absolute Gasteiger partial charge is 0.365 e. The molecule has 0 spiro atoms. The number of amides is 1. The van der Waals surface area contributed by atoms with Crippen LogP contribution < -0.4 is 22.1 Å². The molecule has 1 fully saturated rings. The highest BCUT2D eigenvalue weighted by Crippen LogP contribution is 2.34. The third-order valence-electron chi connectivity index (χ3n) is 4.43. The van der Waals surface area contributed by atoms with Crippen LogP contribution in [0.4, 0.5) is 30.5 Å². The summed E-state index contributed by atoms with van der Waals surface area (Å²) < 4.78 is 42.1. The molecular weight excluding hydrogens is 361 g/mol. The number of nitrogens with one attached hydrogen (secondary N) is 2. The van der Waals surface area contributed by atoms with Gasteiger partial charge in [0.1, 0.15) is 5.82 Å². The molecule has 0 bridgehead atoms. The Morgan fingerprint density at radius 2 is 2.11 bits per heavy atom. The van der Waals surface area contributed by atoms with Crippen molar-refractivity contribution in [3.8, 4) is 0 Å². The summed E-state index contributed by atoms with van der Waals surface area (Å²) in [4.78, 5) is 19.6. The van der Waals surface area contributed by atoms with Crippen molar-refractivity contribution in [1.29, 1.82) is 0 Å². The lowest BCUT2D eigenvalue weighted by molar-refractivity contribution is -0.0555. The first-order valence-corrected chi connectivity index (χ1v) is 8.35. The number of carbonyl (C=O) groups excluding carboxylic acids is 1. The van der Waals surface area contributed by atoms with Gasteiger partial charge in [0.2, 0.25) is 0 Å². The van der Waals surface area contributed by atoms with Crippen molar-refractivity contribution in [1.82, 2.24) is 9.97 Å². The van der Waals surface area contributed by atoms with Crippen LogP contribution in [0.5, 0.6) is 0 Å². The first-order valence-electron chi connectivity index (χ1n) is 8.35. The zero-order chi connectivity index (χ0) is 19.6. The first kappa shape index (κ1) is 18.9. The molecule has 144 valence electrons. The predicted molar refractivity (Wildman–Crippen MR) is 94.4 cm³/mol. The van der Waals surface area contributed by atoms with E-state index in [0.717, 1.165) is 6.07 Å². The average molecular weight is 380 g/mol. The van der Waals surface area contributed by atoms with Gasteiger partial charge in [0, 0.05) is 18.7 Å². The van der Waals surface area contributed by atoms with E-state index in [1.54, 1.807) is 18.3 Å². The van der Waals surface area contributed by atoms with Crippen molar-refractivity contribution in [3.63, 3.8) is 0 Å². The molecule has 0 radical (unpaired) electrons. The summed E-state index contributed by atoms with van der Waals surface area (Å²) in [7, 11) is 0. The number of hydrogen-bond acceptors (Lipinski definition) is 6. The van der Waals surface area contributed by atoms with Crippen LogP contribution in [0.1, 0.15) is 29.6 Å². The summed E-state index contributed by atoms with van der Waals surface area (Å²) in [6.45, 7) is 0. The number of nitrogens with two attached hydrogens (primary N) is 2. The maximum atomic E-state index is 14.4. The molecule has 3 rings (SSSR count). The monoisotopic (exact) mass is 380 g/mol. The van der Waals surface area contributed by atoms with E-state index < -0.39 is 29.7 Å². The second kappa shape index (κ2) is 7.39. The average Bonchev–Trinajstić information content (AvgIpc) is 2.62. The van der Waals surface area contributed by atoms with Gasteiger partial charge >= 0.3 is 0 Å². The number of halogens is 3. The van der Waals surface area contributed by atoms with Crippen LogP contribution in [0.25, 0.3) is 0 Å². The van der Waals surface area contributed by atoms with E-state index in [9.17, 15) is 18.0 Å². The van der Waals surface area contributed by atoms with Gasteiger partial charge in [0.05, 0.1) is 23.5 Å². The van der Waals surface area contributed by atoms with Crippen LogP contribution in [0.15, 0.2) is 30.6 Å². The Bertz CT molecular complexity index is 833. The normalized spacial score (nSPS) is 21.5. The Morgan fingerprint density at radius 3 is 2.78 bits per heavy atom. The zero-order valence-corrected chi connectivity index (χ0v) is 14.3. The molecule has 0 aromatic carbocycles. The van der Waals surface area contributed by atoms with Crippen molar-refractivity contribution in [2.24, 2.45) is 11.5 Å². The Morgan fingerprint density at radius 1 is 1.33 bits per heavy atom. The maximum Gasteiger partial charge on any atom is 0.264 e. The van der Waals surface area contributed by atoms with Crippen molar-refractivity contribution < 1.29 is 18.0 Å². The summed E-state index contributed by atoms with van der Waals surface area (Å²) >= 11 is 0. The quantitative estimate of drug-likeness (QED) is 0.632. The SMILES string of the molecule is NC(=O)c1cc(F)c(N[C@@H]2CCCC(F)(F)[C@@H]2N)nc1Nc1cccnc1. The number of aromatic nitrogens is 2. The van der Waals surface area contributed by atoms with Crippen LogP contribution in [-0.2, 0) is 0 Å². The minimum Gasteiger partial charge on any atom is -0.365 e. The van der Waals surface area contributed by atoms with E-state index in [1.807, 2.05) is 0 Å². The van der Waals surface area contributed by atoms with Gasteiger partial charge in [-0.15, -0.1) is 0 Å². The molecule has 6 N–H and O–H groups in total. The Hall–Kier alpha value is -2.88. The summed E-state index contributed by atoms with van der Waals surface area (Å²) in [5, 5.41) is 5.47. The third kappa shape index (κ3) is 4.11. The molecule has 2 aromatic heterocycles. The van der Waals surface area contributed by atoms with E-state index in [1.165, 1.54) is 6.20 Å². The zero-order valence-electron chi connectivity index (χ0n) is 14.3. The Balaban J connectivity index is 1.91. The first-order chi connectivity index (χ1) is 12.8. The van der Waals surface area contributed by atoms with Gasteiger partial charge in [-0.2, -0.15) is 0 Å². The fourth-order valence-corrected chi connectivity index (χ4v) is 2.98. The number of pyridine rings is 2. The Labute approximate surface area is 153 Å². The molecule has 2 aromatic rings. The molecule has 1 aliphatic carbocycles. The number of nitrogens with zero attached hydrogens (tertiary/aromatic N) is 2. The third-order valence-corrected chi connectivity index (χ3v) is 4.43. The van der Waals surface area contributed by atoms with E-state index in [2.05, 4.69) is 20.6 Å². The molecular formula is C17H19F3N6O. The van der Waals surface area contributed by atoms with Gasteiger partial charge in [0.15, 0.2) is 11.6 Å². The summed E-state index contributed by atoms with van der Waals surface area (Å²) in [5.41, 5.74) is 11.2. The summed E-state index contributed by atoms with van der Waals surface area (Å²) in [6, 6.07) is 1.88.